The minimum Gasteiger partial charge on any atom is -0.453 e. The predicted octanol–water partition coefficient (Wildman–Crippen LogP) is 4.72. The number of rotatable bonds is 5. The van der Waals surface area contributed by atoms with Gasteiger partial charge in [0, 0.05) is 46.4 Å². The van der Waals surface area contributed by atoms with E-state index in [0.717, 1.165) is 34.4 Å². The zero-order valence-corrected chi connectivity index (χ0v) is 17.1. The maximum atomic E-state index is 11.6. The monoisotopic (exact) mass is 422 g/mol. The minimum absolute atomic E-state index is 0.392. The second-order valence-corrected chi connectivity index (χ2v) is 6.88. The van der Waals surface area contributed by atoms with Crippen LogP contribution >= 0.6 is 11.6 Å². The average Bonchev–Trinajstić information content (AvgIpc) is 3.44. The third-order valence-corrected chi connectivity index (χ3v) is 5.03. The predicted molar refractivity (Wildman–Crippen MR) is 115 cm³/mol. The molecule has 0 bridgehead atoms. The molecule has 3 heterocycles. The quantitative estimate of drug-likeness (QED) is 0.485. The molecular formula is C21H19ClN6O2. The Morgan fingerprint density at radius 3 is 2.70 bits per heavy atom. The van der Waals surface area contributed by atoms with Gasteiger partial charge < -0.3 is 9.30 Å². The smallest absolute Gasteiger partial charge is 0.412 e. The van der Waals surface area contributed by atoms with Crippen LogP contribution in [0.5, 0.6) is 0 Å². The highest BCUT2D eigenvalue weighted by Crippen LogP contribution is 2.36. The molecule has 0 spiro atoms. The molecule has 0 radical (unpaired) electrons. The van der Waals surface area contributed by atoms with E-state index in [2.05, 4.69) is 30.2 Å². The third-order valence-electron chi connectivity index (χ3n) is 4.70. The topological polar surface area (TPSA) is 97.7 Å². The molecule has 4 rings (SSSR count). The molecule has 2 N–H and O–H groups in total. The van der Waals surface area contributed by atoms with Gasteiger partial charge in [0.05, 0.1) is 12.8 Å². The van der Waals surface area contributed by atoms with Crippen LogP contribution in [0.15, 0.2) is 55.2 Å². The van der Waals surface area contributed by atoms with E-state index in [1.807, 2.05) is 48.1 Å². The van der Waals surface area contributed by atoms with E-state index in [1.54, 1.807) is 12.3 Å². The van der Waals surface area contributed by atoms with Crippen LogP contribution in [-0.2, 0) is 11.2 Å². The van der Waals surface area contributed by atoms with Crippen LogP contribution in [0.25, 0.3) is 28.2 Å². The molecule has 0 aliphatic rings. The van der Waals surface area contributed by atoms with E-state index >= 15 is 0 Å². The molecule has 8 nitrogen and oxygen atoms in total. The molecule has 0 atom stereocenters. The number of carbonyl (C=O) groups is 1. The molecule has 1 aromatic carbocycles. The van der Waals surface area contributed by atoms with E-state index in [1.165, 1.54) is 13.4 Å². The summed E-state index contributed by atoms with van der Waals surface area (Å²) in [7, 11) is 1.31. The first kappa shape index (κ1) is 19.7. The van der Waals surface area contributed by atoms with Gasteiger partial charge in [-0.05, 0) is 18.1 Å². The van der Waals surface area contributed by atoms with Crippen LogP contribution in [0.2, 0.25) is 5.02 Å². The van der Waals surface area contributed by atoms with Crippen molar-refractivity contribution in [2.45, 2.75) is 13.3 Å². The van der Waals surface area contributed by atoms with Crippen LogP contribution in [0.1, 0.15) is 12.5 Å². The molecule has 30 heavy (non-hydrogen) atoms. The van der Waals surface area contributed by atoms with Gasteiger partial charge in [0.1, 0.15) is 12.1 Å². The molecule has 0 saturated carbocycles. The molecule has 0 fully saturated rings. The number of aromatic nitrogens is 5. The number of aromatic amines is 1. The Bertz CT molecular complexity index is 1190. The number of hydrogen-bond donors (Lipinski definition) is 2. The van der Waals surface area contributed by atoms with E-state index < -0.39 is 6.09 Å². The van der Waals surface area contributed by atoms with Gasteiger partial charge in [-0.2, -0.15) is 5.10 Å². The fourth-order valence-corrected chi connectivity index (χ4v) is 3.46. The summed E-state index contributed by atoms with van der Waals surface area (Å²) in [4.78, 5) is 20.2. The summed E-state index contributed by atoms with van der Waals surface area (Å²) < 4.78 is 6.64. The molecule has 3 aromatic heterocycles. The van der Waals surface area contributed by atoms with Crippen molar-refractivity contribution in [3.63, 3.8) is 0 Å². The number of H-pyrrole nitrogens is 1. The number of nitrogens with zero attached hydrogens (tertiary/aromatic N) is 4. The highest BCUT2D eigenvalue weighted by atomic mass is 35.5. The average molecular weight is 423 g/mol. The van der Waals surface area contributed by atoms with Crippen molar-refractivity contribution < 1.29 is 9.53 Å². The van der Waals surface area contributed by atoms with E-state index in [0.29, 0.717) is 16.7 Å². The summed E-state index contributed by atoms with van der Waals surface area (Å²) in [6, 6.07) is 9.43. The van der Waals surface area contributed by atoms with Crippen LogP contribution in [0.3, 0.4) is 0 Å². The molecule has 0 unspecified atom stereocenters. The highest BCUT2D eigenvalue weighted by Gasteiger charge is 2.18. The van der Waals surface area contributed by atoms with Gasteiger partial charge in [-0.25, -0.2) is 14.8 Å². The number of methoxy groups -OCH3 is 1. The molecule has 1 amide bonds. The largest absolute Gasteiger partial charge is 0.453 e. The molecule has 0 saturated heterocycles. The van der Waals surface area contributed by atoms with Gasteiger partial charge >= 0.3 is 6.09 Å². The van der Waals surface area contributed by atoms with Crippen LogP contribution in [-0.4, -0.2) is 37.9 Å². The Labute approximate surface area is 177 Å². The van der Waals surface area contributed by atoms with E-state index in [4.69, 9.17) is 11.6 Å². The number of benzene rings is 1. The molecule has 152 valence electrons. The Balaban J connectivity index is 1.88. The lowest BCUT2D eigenvalue weighted by Crippen LogP contribution is -2.13. The number of ether oxygens (including phenoxy) is 1. The lowest BCUT2D eigenvalue weighted by molar-refractivity contribution is 0.187. The van der Waals surface area contributed by atoms with Crippen molar-refractivity contribution in [1.82, 2.24) is 24.7 Å². The summed E-state index contributed by atoms with van der Waals surface area (Å²) in [6.07, 6.45) is 7.32. The second-order valence-electron chi connectivity index (χ2n) is 6.48. The Morgan fingerprint density at radius 1 is 1.20 bits per heavy atom. The summed E-state index contributed by atoms with van der Waals surface area (Å²) in [5.74, 6) is 1.02. The van der Waals surface area contributed by atoms with Gasteiger partial charge in [0.25, 0.3) is 0 Å². The fraction of sp³-hybridized carbons (Fsp3) is 0.143. The number of pyridine rings is 1. The standard InChI is InChI=1S/C21H19ClN6O2/c1-3-13-9-23-19(26-21(29)30-2)8-18(13)28-10-15(14-6-4-5-7-17(14)22)16(11-28)20-24-12-25-27-20/h4-12H,3H2,1-2H3,(H,23,26,29)(H,24,25,27). The van der Waals surface area contributed by atoms with Crippen molar-refractivity contribution in [2.75, 3.05) is 12.4 Å². The number of amides is 1. The summed E-state index contributed by atoms with van der Waals surface area (Å²) in [6.45, 7) is 2.05. The number of anilines is 1. The second kappa shape index (κ2) is 8.38. The zero-order valence-electron chi connectivity index (χ0n) is 16.4. The van der Waals surface area contributed by atoms with Crippen molar-refractivity contribution in [3.8, 4) is 28.2 Å². The fourth-order valence-electron chi connectivity index (χ4n) is 3.22. The maximum absolute atomic E-state index is 11.6. The first-order valence-electron chi connectivity index (χ1n) is 9.27. The first-order valence-corrected chi connectivity index (χ1v) is 9.65. The summed E-state index contributed by atoms with van der Waals surface area (Å²) in [5.41, 5.74) is 4.51. The van der Waals surface area contributed by atoms with Crippen LogP contribution < -0.4 is 5.32 Å². The third kappa shape index (κ3) is 3.77. The van der Waals surface area contributed by atoms with Crippen LogP contribution in [0, 0.1) is 0 Å². The van der Waals surface area contributed by atoms with Gasteiger partial charge in [-0.1, -0.05) is 36.7 Å². The van der Waals surface area contributed by atoms with Gasteiger partial charge in [0.15, 0.2) is 5.82 Å². The minimum atomic E-state index is -0.579. The van der Waals surface area contributed by atoms with E-state index in [9.17, 15) is 4.79 Å². The number of hydrogen-bond acceptors (Lipinski definition) is 5. The Hall–Kier alpha value is -3.65. The normalized spacial score (nSPS) is 10.8. The van der Waals surface area contributed by atoms with Gasteiger partial charge in [0.2, 0.25) is 0 Å². The number of nitrogens with one attached hydrogen (secondary N) is 2. The first-order chi connectivity index (χ1) is 14.6. The van der Waals surface area contributed by atoms with Crippen LogP contribution in [0.4, 0.5) is 10.6 Å². The molecule has 9 heteroatoms. The highest BCUT2D eigenvalue weighted by molar-refractivity contribution is 6.33. The zero-order chi connectivity index (χ0) is 21.1. The van der Waals surface area contributed by atoms with Gasteiger partial charge in [-0.15, -0.1) is 0 Å². The Morgan fingerprint density at radius 2 is 2.00 bits per heavy atom. The Kier molecular flexibility index (Phi) is 5.49. The summed E-state index contributed by atoms with van der Waals surface area (Å²) in [5, 5.41) is 10.1. The lowest BCUT2D eigenvalue weighted by atomic mass is 10.0. The van der Waals surface area contributed by atoms with Crippen molar-refractivity contribution in [1.29, 1.82) is 0 Å². The number of carbonyl (C=O) groups excluding carboxylic acids is 1. The van der Waals surface area contributed by atoms with Crippen molar-refractivity contribution >= 4 is 23.5 Å². The molecule has 0 aliphatic carbocycles. The lowest BCUT2D eigenvalue weighted by Gasteiger charge is -2.11. The van der Waals surface area contributed by atoms with E-state index in [-0.39, 0.29) is 0 Å². The molecular weight excluding hydrogens is 404 g/mol. The molecule has 0 aliphatic heterocycles. The SMILES string of the molecule is CCc1cnc(NC(=O)OC)cc1-n1cc(-c2ncn[nH]2)c(-c2ccccc2Cl)c1. The van der Waals surface area contributed by atoms with Crippen molar-refractivity contribution in [2.24, 2.45) is 0 Å². The number of aryl methyl sites for hydroxylation is 1. The maximum Gasteiger partial charge on any atom is 0.412 e. The summed E-state index contributed by atoms with van der Waals surface area (Å²) >= 11 is 6.48. The number of halogens is 1. The molecule has 4 aromatic rings. The van der Waals surface area contributed by atoms with Gasteiger partial charge in [-0.3, -0.25) is 10.4 Å². The van der Waals surface area contributed by atoms with Crippen molar-refractivity contribution in [3.05, 3.63) is 65.8 Å².